The Hall–Kier alpha value is -2.08. The lowest BCUT2D eigenvalue weighted by Gasteiger charge is -2.14. The third kappa shape index (κ3) is 3.95. The lowest BCUT2D eigenvalue weighted by atomic mass is 10.1. The van der Waals surface area contributed by atoms with Crippen LogP contribution in [0.1, 0.15) is 16.8 Å². The molecule has 0 saturated heterocycles. The third-order valence-electron chi connectivity index (χ3n) is 3.38. The normalized spacial score (nSPS) is 11.3. The quantitative estimate of drug-likeness (QED) is 0.830. The molecule has 0 fully saturated rings. The molecule has 0 aliphatic rings. The van der Waals surface area contributed by atoms with Crippen LogP contribution in [-0.4, -0.2) is 19.2 Å². The first-order valence-corrected chi connectivity index (χ1v) is 8.30. The molecular weight excluding hydrogens is 286 g/mol. The van der Waals surface area contributed by atoms with Crippen molar-refractivity contribution in [3.63, 3.8) is 0 Å². The molecule has 1 aromatic heterocycles. The Kier molecular flexibility index (Phi) is 4.47. The van der Waals surface area contributed by atoms with Crippen LogP contribution in [0.4, 0.5) is 11.4 Å². The number of hydrogen-bond acceptors (Lipinski definition) is 4. The van der Waals surface area contributed by atoms with Gasteiger partial charge in [-0.15, -0.1) is 0 Å². The second-order valence-corrected chi connectivity index (χ2v) is 6.81. The summed E-state index contributed by atoms with van der Waals surface area (Å²) in [5.74, 6) is -0.0309. The summed E-state index contributed by atoms with van der Waals surface area (Å²) in [6.45, 7) is 3.77. The first-order chi connectivity index (χ1) is 9.89. The number of sulfonamides is 1. The van der Waals surface area contributed by atoms with Gasteiger partial charge in [0, 0.05) is 18.3 Å². The van der Waals surface area contributed by atoms with Gasteiger partial charge in [0.2, 0.25) is 10.0 Å². The highest BCUT2D eigenvalue weighted by molar-refractivity contribution is 7.92. The topological polar surface area (TPSA) is 85.1 Å². The van der Waals surface area contributed by atoms with E-state index in [2.05, 4.69) is 9.71 Å². The Morgan fingerprint density at radius 1 is 1.19 bits per heavy atom. The minimum absolute atomic E-state index is 0.0309. The highest BCUT2D eigenvalue weighted by Crippen LogP contribution is 2.26. The number of pyridine rings is 1. The van der Waals surface area contributed by atoms with Crippen molar-refractivity contribution in [2.75, 3.05) is 16.2 Å². The largest absolute Gasteiger partial charge is 0.397 e. The molecule has 0 spiro atoms. The summed E-state index contributed by atoms with van der Waals surface area (Å²) in [5, 5.41) is 0. The second kappa shape index (κ2) is 6.13. The Balaban J connectivity index is 2.13. The van der Waals surface area contributed by atoms with Crippen LogP contribution in [0.5, 0.6) is 0 Å². The van der Waals surface area contributed by atoms with Crippen LogP contribution < -0.4 is 10.5 Å². The highest BCUT2D eigenvalue weighted by Gasteiger charge is 2.15. The van der Waals surface area contributed by atoms with Gasteiger partial charge in [-0.25, -0.2) is 8.42 Å². The lowest BCUT2D eigenvalue weighted by molar-refractivity contribution is 0.600. The molecule has 2 aromatic rings. The van der Waals surface area contributed by atoms with Gasteiger partial charge < -0.3 is 5.73 Å². The van der Waals surface area contributed by atoms with E-state index < -0.39 is 10.0 Å². The van der Waals surface area contributed by atoms with Gasteiger partial charge in [-0.2, -0.15) is 0 Å². The summed E-state index contributed by atoms with van der Waals surface area (Å²) in [4.78, 5) is 4.12. The van der Waals surface area contributed by atoms with E-state index in [9.17, 15) is 8.42 Å². The smallest absolute Gasteiger partial charge is 0.233 e. The standard InChI is InChI=1S/C15H19N3O2S/c1-11-6-7-14(16)15(12(11)2)18-21(19,20)10-8-13-5-3-4-9-17-13/h3-7,9,18H,8,10,16H2,1-2H3. The number of hydrogen-bond donors (Lipinski definition) is 2. The van der Waals surface area contributed by atoms with E-state index in [1.165, 1.54) is 0 Å². The molecular formula is C15H19N3O2S. The molecule has 0 amide bonds. The Labute approximate surface area is 125 Å². The molecule has 21 heavy (non-hydrogen) atoms. The maximum atomic E-state index is 12.2. The zero-order chi connectivity index (χ0) is 15.5. The summed E-state index contributed by atoms with van der Waals surface area (Å²) < 4.78 is 27.0. The van der Waals surface area contributed by atoms with Crippen molar-refractivity contribution >= 4 is 21.4 Å². The van der Waals surface area contributed by atoms with Crippen LogP contribution in [0, 0.1) is 13.8 Å². The van der Waals surface area contributed by atoms with Crippen LogP contribution in [-0.2, 0) is 16.4 Å². The van der Waals surface area contributed by atoms with E-state index in [0.717, 1.165) is 16.8 Å². The molecule has 0 unspecified atom stereocenters. The molecule has 0 atom stereocenters. The summed E-state index contributed by atoms with van der Waals surface area (Å²) >= 11 is 0. The van der Waals surface area contributed by atoms with Gasteiger partial charge in [0.25, 0.3) is 0 Å². The van der Waals surface area contributed by atoms with E-state index in [-0.39, 0.29) is 5.75 Å². The monoisotopic (exact) mass is 305 g/mol. The van der Waals surface area contributed by atoms with Gasteiger partial charge in [0.05, 0.1) is 17.1 Å². The molecule has 112 valence electrons. The number of benzene rings is 1. The van der Waals surface area contributed by atoms with Gasteiger partial charge >= 0.3 is 0 Å². The lowest BCUT2D eigenvalue weighted by Crippen LogP contribution is -2.20. The number of aromatic nitrogens is 1. The molecule has 5 nitrogen and oxygen atoms in total. The van der Waals surface area contributed by atoms with E-state index in [1.807, 2.05) is 32.0 Å². The minimum atomic E-state index is -3.46. The van der Waals surface area contributed by atoms with Crippen molar-refractivity contribution in [3.05, 3.63) is 53.3 Å². The maximum Gasteiger partial charge on any atom is 0.233 e. The fourth-order valence-corrected chi connectivity index (χ4v) is 3.13. The maximum absolute atomic E-state index is 12.2. The van der Waals surface area contributed by atoms with E-state index in [4.69, 9.17) is 5.73 Å². The van der Waals surface area contributed by atoms with Crippen molar-refractivity contribution in [1.82, 2.24) is 4.98 Å². The van der Waals surface area contributed by atoms with Crippen molar-refractivity contribution in [2.24, 2.45) is 0 Å². The second-order valence-electron chi connectivity index (χ2n) is 4.96. The number of aryl methyl sites for hydroxylation is 2. The number of nitrogen functional groups attached to an aromatic ring is 1. The van der Waals surface area contributed by atoms with Gasteiger partial charge in [-0.3, -0.25) is 9.71 Å². The molecule has 0 saturated carbocycles. The van der Waals surface area contributed by atoms with Crippen molar-refractivity contribution in [2.45, 2.75) is 20.3 Å². The molecule has 0 aliphatic carbocycles. The third-order valence-corrected chi connectivity index (χ3v) is 4.64. The van der Waals surface area contributed by atoms with E-state index in [0.29, 0.717) is 17.8 Å². The van der Waals surface area contributed by atoms with Crippen LogP contribution in [0.3, 0.4) is 0 Å². The number of nitrogens with two attached hydrogens (primary N) is 1. The molecule has 1 aromatic carbocycles. The molecule has 3 N–H and O–H groups in total. The first kappa shape index (κ1) is 15.3. The van der Waals surface area contributed by atoms with Crippen LogP contribution in [0.25, 0.3) is 0 Å². The van der Waals surface area contributed by atoms with E-state index in [1.54, 1.807) is 18.3 Å². The Morgan fingerprint density at radius 3 is 2.62 bits per heavy atom. The van der Waals surface area contributed by atoms with Gasteiger partial charge in [-0.1, -0.05) is 12.1 Å². The average Bonchev–Trinajstić information content (AvgIpc) is 2.47. The fraction of sp³-hybridized carbons (Fsp3) is 0.267. The van der Waals surface area contributed by atoms with Crippen molar-refractivity contribution < 1.29 is 8.42 Å². The first-order valence-electron chi connectivity index (χ1n) is 6.65. The van der Waals surface area contributed by atoms with Gasteiger partial charge in [-0.05, 0) is 43.2 Å². The van der Waals surface area contributed by atoms with Crippen LogP contribution in [0.2, 0.25) is 0 Å². The average molecular weight is 305 g/mol. The summed E-state index contributed by atoms with van der Waals surface area (Å²) in [6, 6.07) is 9.02. The molecule has 1 heterocycles. The Morgan fingerprint density at radius 2 is 1.95 bits per heavy atom. The molecule has 6 heteroatoms. The number of nitrogens with one attached hydrogen (secondary N) is 1. The predicted molar refractivity (Wildman–Crippen MR) is 85.7 cm³/mol. The zero-order valence-corrected chi connectivity index (χ0v) is 12.9. The number of nitrogens with zero attached hydrogens (tertiary/aromatic N) is 1. The highest BCUT2D eigenvalue weighted by atomic mass is 32.2. The summed E-state index contributed by atoms with van der Waals surface area (Å²) in [7, 11) is -3.46. The van der Waals surface area contributed by atoms with Crippen LogP contribution >= 0.6 is 0 Å². The van der Waals surface area contributed by atoms with E-state index >= 15 is 0 Å². The van der Waals surface area contributed by atoms with Crippen LogP contribution in [0.15, 0.2) is 36.5 Å². The zero-order valence-electron chi connectivity index (χ0n) is 12.1. The molecule has 2 rings (SSSR count). The number of anilines is 2. The SMILES string of the molecule is Cc1ccc(N)c(NS(=O)(=O)CCc2ccccn2)c1C. The molecule has 0 aliphatic heterocycles. The van der Waals surface area contributed by atoms with Crippen molar-refractivity contribution in [1.29, 1.82) is 0 Å². The predicted octanol–water partition coefficient (Wildman–Crippen LogP) is 2.27. The summed E-state index contributed by atoms with van der Waals surface area (Å²) in [6.07, 6.45) is 2.01. The minimum Gasteiger partial charge on any atom is -0.397 e. The van der Waals surface area contributed by atoms with Gasteiger partial charge in [0.1, 0.15) is 0 Å². The van der Waals surface area contributed by atoms with Gasteiger partial charge in [0.15, 0.2) is 0 Å². The number of rotatable bonds is 5. The fourth-order valence-electron chi connectivity index (χ4n) is 1.96. The summed E-state index contributed by atoms with van der Waals surface area (Å²) in [5.41, 5.74) is 9.35. The van der Waals surface area contributed by atoms with Crippen molar-refractivity contribution in [3.8, 4) is 0 Å². The molecule has 0 bridgehead atoms. The Bertz CT molecular complexity index is 728. The molecule has 0 radical (unpaired) electrons.